The predicted octanol–water partition coefficient (Wildman–Crippen LogP) is 2.91. The number of aliphatic hydroxyl groups excluding tert-OH is 1. The third kappa shape index (κ3) is 4.27. The van der Waals surface area contributed by atoms with Gasteiger partial charge in [-0.25, -0.2) is 4.79 Å². The first kappa shape index (κ1) is 17.4. The van der Waals surface area contributed by atoms with E-state index in [0.717, 1.165) is 19.3 Å². The van der Waals surface area contributed by atoms with Crippen molar-refractivity contribution in [3.63, 3.8) is 0 Å². The lowest BCUT2D eigenvalue weighted by atomic mass is 9.86. The molecule has 0 bridgehead atoms. The molecular formula is C15H25F3N2O2. The molecule has 1 heterocycles. The first-order valence-electron chi connectivity index (χ1n) is 8.09. The minimum Gasteiger partial charge on any atom is -0.383 e. The first-order chi connectivity index (χ1) is 10.3. The molecule has 22 heavy (non-hydrogen) atoms. The van der Waals surface area contributed by atoms with E-state index in [-0.39, 0.29) is 38.0 Å². The number of hydrogen-bond donors (Lipinski definition) is 2. The van der Waals surface area contributed by atoms with Crippen molar-refractivity contribution >= 4 is 6.03 Å². The maximum absolute atomic E-state index is 12.5. The molecule has 1 saturated heterocycles. The van der Waals surface area contributed by atoms with Crippen LogP contribution in [0.4, 0.5) is 18.0 Å². The molecule has 0 aromatic heterocycles. The molecule has 0 aromatic carbocycles. The standard InChI is InChI=1S/C15H25F3N2O2/c1-10-4-2-3-5-12(10)19-14(22)20-8-6-11(7-9-20)13(21)15(16,17)18/h10-13,21H,2-9H2,1H3,(H,19,22). The van der Waals surface area contributed by atoms with Gasteiger partial charge < -0.3 is 15.3 Å². The number of aliphatic hydroxyl groups is 1. The zero-order chi connectivity index (χ0) is 16.3. The number of urea groups is 1. The van der Waals surface area contributed by atoms with E-state index in [1.54, 1.807) is 4.90 Å². The molecular weight excluding hydrogens is 297 g/mol. The van der Waals surface area contributed by atoms with Crippen molar-refractivity contribution in [1.82, 2.24) is 10.2 Å². The first-order valence-corrected chi connectivity index (χ1v) is 8.09. The summed E-state index contributed by atoms with van der Waals surface area (Å²) < 4.78 is 37.5. The average Bonchev–Trinajstić information content (AvgIpc) is 2.48. The SMILES string of the molecule is CC1CCCCC1NC(=O)N1CCC(C(O)C(F)(F)F)CC1. The van der Waals surface area contributed by atoms with E-state index in [2.05, 4.69) is 12.2 Å². The van der Waals surface area contributed by atoms with Crippen LogP contribution in [0.2, 0.25) is 0 Å². The van der Waals surface area contributed by atoms with Crippen LogP contribution in [0.15, 0.2) is 0 Å². The summed E-state index contributed by atoms with van der Waals surface area (Å²) in [5.41, 5.74) is 0. The summed E-state index contributed by atoms with van der Waals surface area (Å²) in [6, 6.07) is -0.0153. The Balaban J connectivity index is 1.80. The fourth-order valence-corrected chi connectivity index (χ4v) is 3.47. The Labute approximate surface area is 129 Å². The third-order valence-corrected chi connectivity index (χ3v) is 5.03. The van der Waals surface area contributed by atoms with Crippen molar-refractivity contribution in [3.05, 3.63) is 0 Å². The highest BCUT2D eigenvalue weighted by molar-refractivity contribution is 5.74. The summed E-state index contributed by atoms with van der Waals surface area (Å²) in [5, 5.41) is 12.3. The van der Waals surface area contributed by atoms with Crippen molar-refractivity contribution in [2.24, 2.45) is 11.8 Å². The van der Waals surface area contributed by atoms with Gasteiger partial charge in [-0.15, -0.1) is 0 Å². The smallest absolute Gasteiger partial charge is 0.383 e. The molecule has 7 heteroatoms. The summed E-state index contributed by atoms with van der Waals surface area (Å²) >= 11 is 0. The van der Waals surface area contributed by atoms with Crippen molar-refractivity contribution < 1.29 is 23.1 Å². The quantitative estimate of drug-likeness (QED) is 0.821. The second-order valence-corrected chi connectivity index (χ2v) is 6.63. The van der Waals surface area contributed by atoms with Crippen LogP contribution in [0.1, 0.15) is 45.4 Å². The fraction of sp³-hybridized carbons (Fsp3) is 0.933. The lowest BCUT2D eigenvalue weighted by Gasteiger charge is -2.37. The molecule has 0 spiro atoms. The molecule has 128 valence electrons. The van der Waals surface area contributed by atoms with Crippen molar-refractivity contribution in [2.45, 2.75) is 63.8 Å². The maximum Gasteiger partial charge on any atom is 0.414 e. The molecule has 3 unspecified atom stereocenters. The van der Waals surface area contributed by atoms with Gasteiger partial charge in [0, 0.05) is 19.1 Å². The number of alkyl halides is 3. The molecule has 1 aliphatic carbocycles. The van der Waals surface area contributed by atoms with Gasteiger partial charge in [-0.3, -0.25) is 0 Å². The van der Waals surface area contributed by atoms with Crippen LogP contribution in [0.3, 0.4) is 0 Å². The highest BCUT2D eigenvalue weighted by Crippen LogP contribution is 2.31. The van der Waals surface area contributed by atoms with Gasteiger partial charge in [-0.05, 0) is 37.5 Å². The zero-order valence-electron chi connectivity index (χ0n) is 12.9. The van der Waals surface area contributed by atoms with E-state index in [9.17, 15) is 23.1 Å². The van der Waals surface area contributed by atoms with Gasteiger partial charge in [0.15, 0.2) is 6.10 Å². The predicted molar refractivity (Wildman–Crippen MR) is 76.3 cm³/mol. The van der Waals surface area contributed by atoms with Crippen LogP contribution in [0, 0.1) is 11.8 Å². The number of halogens is 3. The number of carbonyl (C=O) groups excluding carboxylic acids is 1. The summed E-state index contributed by atoms with van der Waals surface area (Å²) in [6.07, 6.45) is -2.12. The van der Waals surface area contributed by atoms with E-state index >= 15 is 0 Å². The molecule has 2 fully saturated rings. The van der Waals surface area contributed by atoms with Gasteiger partial charge in [0.25, 0.3) is 0 Å². The number of hydrogen-bond acceptors (Lipinski definition) is 2. The third-order valence-electron chi connectivity index (χ3n) is 5.03. The van der Waals surface area contributed by atoms with E-state index < -0.39 is 18.2 Å². The lowest BCUT2D eigenvalue weighted by molar-refractivity contribution is -0.222. The largest absolute Gasteiger partial charge is 0.414 e. The van der Waals surface area contributed by atoms with Crippen molar-refractivity contribution in [1.29, 1.82) is 0 Å². The Morgan fingerprint density at radius 2 is 1.77 bits per heavy atom. The molecule has 0 radical (unpaired) electrons. The van der Waals surface area contributed by atoms with Crippen molar-refractivity contribution in [3.8, 4) is 0 Å². The number of amides is 2. The minimum absolute atomic E-state index is 0.166. The van der Waals surface area contributed by atoms with E-state index in [0.29, 0.717) is 5.92 Å². The van der Waals surface area contributed by atoms with E-state index in [4.69, 9.17) is 0 Å². The summed E-state index contributed by atoms with van der Waals surface area (Å²) in [6.45, 7) is 2.66. The molecule has 1 saturated carbocycles. The second kappa shape index (κ2) is 7.06. The molecule has 0 aromatic rings. The Morgan fingerprint density at radius 1 is 1.18 bits per heavy atom. The summed E-state index contributed by atoms with van der Waals surface area (Å²) in [7, 11) is 0. The zero-order valence-corrected chi connectivity index (χ0v) is 12.9. The summed E-state index contributed by atoms with van der Waals surface area (Å²) in [5.74, 6) is -0.361. The lowest BCUT2D eigenvalue weighted by Crippen LogP contribution is -2.51. The maximum atomic E-state index is 12.5. The Morgan fingerprint density at radius 3 is 2.32 bits per heavy atom. The Bertz CT molecular complexity index is 381. The normalized spacial score (nSPS) is 29.2. The van der Waals surface area contributed by atoms with Crippen LogP contribution in [-0.2, 0) is 0 Å². The minimum atomic E-state index is -4.58. The highest BCUT2D eigenvalue weighted by Gasteiger charge is 2.44. The van der Waals surface area contributed by atoms with Gasteiger partial charge in [-0.1, -0.05) is 19.8 Å². The van der Waals surface area contributed by atoms with Gasteiger partial charge in [0.05, 0.1) is 0 Å². The molecule has 2 aliphatic rings. The van der Waals surface area contributed by atoms with Crippen LogP contribution < -0.4 is 5.32 Å². The van der Waals surface area contributed by atoms with Gasteiger partial charge in [0.1, 0.15) is 0 Å². The topological polar surface area (TPSA) is 52.6 Å². The molecule has 1 aliphatic heterocycles. The fourth-order valence-electron chi connectivity index (χ4n) is 3.47. The number of piperidine rings is 1. The summed E-state index contributed by atoms with van der Waals surface area (Å²) in [4.78, 5) is 13.8. The van der Waals surface area contributed by atoms with Crippen LogP contribution >= 0.6 is 0 Å². The second-order valence-electron chi connectivity index (χ2n) is 6.63. The van der Waals surface area contributed by atoms with E-state index in [1.165, 1.54) is 6.42 Å². The van der Waals surface area contributed by atoms with Crippen LogP contribution in [-0.4, -0.2) is 47.4 Å². The van der Waals surface area contributed by atoms with Gasteiger partial charge >= 0.3 is 12.2 Å². The van der Waals surface area contributed by atoms with Gasteiger partial charge in [0.2, 0.25) is 0 Å². The number of nitrogens with zero attached hydrogens (tertiary/aromatic N) is 1. The number of nitrogens with one attached hydrogen (secondary N) is 1. The molecule has 2 amide bonds. The molecule has 4 nitrogen and oxygen atoms in total. The van der Waals surface area contributed by atoms with E-state index in [1.807, 2.05) is 0 Å². The monoisotopic (exact) mass is 322 g/mol. The molecule has 2 rings (SSSR count). The molecule has 2 N–H and O–H groups in total. The van der Waals surface area contributed by atoms with Crippen LogP contribution in [0.5, 0.6) is 0 Å². The Hall–Kier alpha value is -0.980. The Kier molecular flexibility index (Phi) is 5.58. The highest BCUT2D eigenvalue weighted by atomic mass is 19.4. The number of rotatable bonds is 2. The molecule has 3 atom stereocenters. The average molecular weight is 322 g/mol. The number of carbonyl (C=O) groups is 1. The van der Waals surface area contributed by atoms with Gasteiger partial charge in [-0.2, -0.15) is 13.2 Å². The van der Waals surface area contributed by atoms with Crippen molar-refractivity contribution in [2.75, 3.05) is 13.1 Å². The number of likely N-dealkylation sites (tertiary alicyclic amines) is 1. The van der Waals surface area contributed by atoms with Crippen LogP contribution in [0.25, 0.3) is 0 Å².